The number of non-ortho nitro benzene ring substituents is 1. The second-order valence-electron chi connectivity index (χ2n) is 4.94. The van der Waals surface area contributed by atoms with E-state index in [0.717, 1.165) is 12.8 Å². The van der Waals surface area contributed by atoms with Gasteiger partial charge in [0.25, 0.3) is 5.69 Å². The van der Waals surface area contributed by atoms with Crippen molar-refractivity contribution in [2.24, 2.45) is 5.92 Å². The Labute approximate surface area is 114 Å². The molecular weight excluding hydrogens is 260 g/mol. The number of nitrogens with one attached hydrogen (secondary N) is 1. The van der Waals surface area contributed by atoms with E-state index in [1.165, 1.54) is 6.07 Å². The maximum atomic E-state index is 12.5. The molecule has 0 spiro atoms. The predicted molar refractivity (Wildman–Crippen MR) is 72.8 cm³/mol. The summed E-state index contributed by atoms with van der Waals surface area (Å²) in [4.78, 5) is 25.9. The first-order valence-electron chi connectivity index (χ1n) is 6.55. The summed E-state index contributed by atoms with van der Waals surface area (Å²) < 4.78 is 5.34. The number of hydrogen-bond acceptors (Lipinski definition) is 4. The number of ether oxygens (including phenoxy) is 1. The van der Waals surface area contributed by atoms with Gasteiger partial charge in [-0.05, 0) is 12.8 Å². The summed E-state index contributed by atoms with van der Waals surface area (Å²) in [5.74, 6) is -0.154. The maximum Gasteiger partial charge on any atom is 0.293 e. The minimum atomic E-state index is -0.448. The van der Waals surface area contributed by atoms with Crippen molar-refractivity contribution in [2.45, 2.75) is 12.8 Å². The fourth-order valence-electron chi connectivity index (χ4n) is 2.66. The van der Waals surface area contributed by atoms with Crippen molar-refractivity contribution in [3.05, 3.63) is 40.1 Å². The van der Waals surface area contributed by atoms with Crippen LogP contribution in [0.4, 0.5) is 5.69 Å². The van der Waals surface area contributed by atoms with E-state index in [4.69, 9.17) is 4.74 Å². The molecule has 1 fully saturated rings. The van der Waals surface area contributed by atoms with Gasteiger partial charge < -0.3 is 9.72 Å². The van der Waals surface area contributed by atoms with Crippen LogP contribution >= 0.6 is 0 Å². The third kappa shape index (κ3) is 2.08. The number of fused-ring (bicyclic) bond motifs is 1. The smallest absolute Gasteiger partial charge is 0.293 e. The zero-order valence-corrected chi connectivity index (χ0v) is 10.8. The summed E-state index contributed by atoms with van der Waals surface area (Å²) in [6.45, 7) is 1.13. The Bertz CT molecular complexity index is 671. The van der Waals surface area contributed by atoms with Gasteiger partial charge in [0, 0.05) is 35.7 Å². The van der Waals surface area contributed by atoms with Gasteiger partial charge in [-0.2, -0.15) is 0 Å². The Morgan fingerprint density at radius 3 is 3.00 bits per heavy atom. The number of para-hydroxylation sites is 1. The normalized spacial score (nSPS) is 19.1. The SMILES string of the molecule is O=C(c1c[nH]c2c([N+](=O)[O-])cccc12)C1CCCOC1. The summed E-state index contributed by atoms with van der Waals surface area (Å²) in [6, 6.07) is 4.76. The maximum absolute atomic E-state index is 12.5. The largest absolute Gasteiger partial charge is 0.381 e. The average Bonchev–Trinajstić information content (AvgIpc) is 2.91. The van der Waals surface area contributed by atoms with Gasteiger partial charge in [0.2, 0.25) is 0 Å². The van der Waals surface area contributed by atoms with Gasteiger partial charge in [0.05, 0.1) is 11.5 Å². The lowest BCUT2D eigenvalue weighted by Crippen LogP contribution is -2.25. The molecule has 6 heteroatoms. The molecule has 104 valence electrons. The zero-order valence-electron chi connectivity index (χ0n) is 10.8. The van der Waals surface area contributed by atoms with Crippen LogP contribution in [0.3, 0.4) is 0 Å². The lowest BCUT2D eigenvalue weighted by atomic mass is 9.92. The average molecular weight is 274 g/mol. The van der Waals surface area contributed by atoms with E-state index in [1.54, 1.807) is 18.3 Å². The summed E-state index contributed by atoms with van der Waals surface area (Å²) in [6.07, 6.45) is 3.24. The minimum absolute atomic E-state index is 0.00329. The van der Waals surface area contributed by atoms with Gasteiger partial charge >= 0.3 is 0 Å². The number of ketones is 1. The molecule has 0 bridgehead atoms. The molecule has 1 aromatic heterocycles. The molecule has 1 aliphatic heterocycles. The van der Waals surface area contributed by atoms with Crippen LogP contribution in [0.25, 0.3) is 10.9 Å². The molecule has 0 aliphatic carbocycles. The molecule has 1 aromatic carbocycles. The lowest BCUT2D eigenvalue weighted by Gasteiger charge is -2.20. The summed E-state index contributed by atoms with van der Waals surface area (Å²) in [5.41, 5.74) is 0.901. The molecular formula is C14H14N2O4. The Morgan fingerprint density at radius 2 is 2.30 bits per heavy atom. The van der Waals surface area contributed by atoms with Gasteiger partial charge in [0.1, 0.15) is 5.52 Å². The fourth-order valence-corrected chi connectivity index (χ4v) is 2.66. The first-order chi connectivity index (χ1) is 9.68. The van der Waals surface area contributed by atoms with E-state index >= 15 is 0 Å². The Morgan fingerprint density at radius 1 is 1.45 bits per heavy atom. The summed E-state index contributed by atoms with van der Waals surface area (Å²) >= 11 is 0. The monoisotopic (exact) mass is 274 g/mol. The van der Waals surface area contributed by atoms with Crippen molar-refractivity contribution in [1.82, 2.24) is 4.98 Å². The van der Waals surface area contributed by atoms with Crippen molar-refractivity contribution >= 4 is 22.4 Å². The molecule has 6 nitrogen and oxygen atoms in total. The Hall–Kier alpha value is -2.21. The number of benzene rings is 1. The predicted octanol–water partition coefficient (Wildman–Crippen LogP) is 2.69. The number of Topliss-reactive ketones (excluding diaryl/α,β-unsaturated/α-hetero) is 1. The molecule has 2 aromatic rings. The van der Waals surface area contributed by atoms with Crippen LogP contribution in [0.1, 0.15) is 23.2 Å². The van der Waals surface area contributed by atoms with E-state index in [9.17, 15) is 14.9 Å². The van der Waals surface area contributed by atoms with Crippen LogP contribution in [0.15, 0.2) is 24.4 Å². The fraction of sp³-hybridized carbons (Fsp3) is 0.357. The van der Waals surface area contributed by atoms with E-state index < -0.39 is 4.92 Å². The van der Waals surface area contributed by atoms with Crippen LogP contribution in [0.5, 0.6) is 0 Å². The van der Waals surface area contributed by atoms with Gasteiger partial charge in [-0.25, -0.2) is 0 Å². The standard InChI is InChI=1S/C14H14N2O4/c17-14(9-3-2-6-20-8-9)11-7-15-13-10(11)4-1-5-12(13)16(18)19/h1,4-5,7,9,15H,2-3,6,8H2. The highest BCUT2D eigenvalue weighted by atomic mass is 16.6. The first kappa shape index (κ1) is 12.8. The number of carbonyl (C=O) groups is 1. The molecule has 0 saturated carbocycles. The number of aromatic nitrogens is 1. The van der Waals surface area contributed by atoms with Gasteiger partial charge in [-0.3, -0.25) is 14.9 Å². The van der Waals surface area contributed by atoms with Crippen molar-refractivity contribution < 1.29 is 14.5 Å². The molecule has 1 unspecified atom stereocenters. The van der Waals surface area contributed by atoms with Crippen LogP contribution in [-0.2, 0) is 4.74 Å². The number of aromatic amines is 1. The molecule has 0 radical (unpaired) electrons. The van der Waals surface area contributed by atoms with E-state index in [2.05, 4.69) is 4.98 Å². The number of carbonyl (C=O) groups excluding carboxylic acids is 1. The van der Waals surface area contributed by atoms with E-state index in [0.29, 0.717) is 29.7 Å². The van der Waals surface area contributed by atoms with Crippen molar-refractivity contribution in [3.63, 3.8) is 0 Å². The second kappa shape index (κ2) is 5.05. The summed E-state index contributed by atoms with van der Waals surface area (Å²) in [7, 11) is 0. The highest BCUT2D eigenvalue weighted by Crippen LogP contribution is 2.29. The third-order valence-electron chi connectivity index (χ3n) is 3.69. The van der Waals surface area contributed by atoms with Crippen molar-refractivity contribution in [3.8, 4) is 0 Å². The molecule has 1 N–H and O–H groups in total. The third-order valence-corrected chi connectivity index (χ3v) is 3.69. The lowest BCUT2D eigenvalue weighted by molar-refractivity contribution is -0.383. The van der Waals surface area contributed by atoms with E-state index in [-0.39, 0.29) is 17.4 Å². The minimum Gasteiger partial charge on any atom is -0.381 e. The molecule has 1 aliphatic rings. The molecule has 20 heavy (non-hydrogen) atoms. The summed E-state index contributed by atoms with van der Waals surface area (Å²) in [5, 5.41) is 11.6. The number of hydrogen-bond donors (Lipinski definition) is 1. The van der Waals surface area contributed by atoms with Gasteiger partial charge in [0.15, 0.2) is 5.78 Å². The number of nitrogens with zero attached hydrogens (tertiary/aromatic N) is 1. The number of rotatable bonds is 3. The molecule has 0 amide bonds. The van der Waals surface area contributed by atoms with Gasteiger partial charge in [-0.1, -0.05) is 12.1 Å². The van der Waals surface area contributed by atoms with Crippen molar-refractivity contribution in [1.29, 1.82) is 0 Å². The molecule has 2 heterocycles. The van der Waals surface area contributed by atoms with E-state index in [1.807, 2.05) is 0 Å². The van der Waals surface area contributed by atoms with Crippen LogP contribution in [-0.4, -0.2) is 28.9 Å². The van der Waals surface area contributed by atoms with Crippen molar-refractivity contribution in [2.75, 3.05) is 13.2 Å². The molecule has 1 saturated heterocycles. The quantitative estimate of drug-likeness (QED) is 0.529. The topological polar surface area (TPSA) is 85.2 Å². The number of nitro benzene ring substituents is 1. The van der Waals surface area contributed by atoms with Crippen LogP contribution in [0, 0.1) is 16.0 Å². The number of H-pyrrole nitrogens is 1. The zero-order chi connectivity index (χ0) is 14.1. The first-order valence-corrected chi connectivity index (χ1v) is 6.55. The number of nitro groups is 1. The second-order valence-corrected chi connectivity index (χ2v) is 4.94. The highest BCUT2D eigenvalue weighted by molar-refractivity contribution is 6.10. The van der Waals surface area contributed by atoms with Crippen LogP contribution in [0.2, 0.25) is 0 Å². The highest BCUT2D eigenvalue weighted by Gasteiger charge is 2.26. The van der Waals surface area contributed by atoms with Gasteiger partial charge in [-0.15, -0.1) is 0 Å². The Kier molecular flexibility index (Phi) is 3.23. The molecule has 1 atom stereocenters. The Balaban J connectivity index is 2.02. The van der Waals surface area contributed by atoms with Crippen LogP contribution < -0.4 is 0 Å². The molecule has 3 rings (SSSR count).